The molecule has 0 saturated carbocycles. The average Bonchev–Trinajstić information content (AvgIpc) is 3.13. The smallest absolute Gasteiger partial charge is 0.329 e. The van der Waals surface area contributed by atoms with Crippen LogP contribution in [0.3, 0.4) is 0 Å². The molecule has 0 aliphatic carbocycles. The minimum absolute atomic E-state index is 0.0546. The molecule has 31 heavy (non-hydrogen) atoms. The summed E-state index contributed by atoms with van der Waals surface area (Å²) in [6.07, 6.45) is 0. The number of aliphatic hydroxyl groups excluding tert-OH is 1. The molecule has 0 radical (unpaired) electrons. The Morgan fingerprint density at radius 2 is 1.94 bits per heavy atom. The van der Waals surface area contributed by atoms with E-state index in [1.54, 1.807) is 11.3 Å². The van der Waals surface area contributed by atoms with E-state index in [4.69, 9.17) is 19.3 Å². The van der Waals surface area contributed by atoms with Crippen LogP contribution in [0.25, 0.3) is 10.4 Å². The van der Waals surface area contributed by atoms with Gasteiger partial charge in [0.05, 0.1) is 19.8 Å². The van der Waals surface area contributed by atoms with Gasteiger partial charge in [-0.2, -0.15) is 0 Å². The van der Waals surface area contributed by atoms with Crippen LogP contribution in [0.1, 0.15) is 21.6 Å². The van der Waals surface area contributed by atoms with E-state index in [-0.39, 0.29) is 13.2 Å². The van der Waals surface area contributed by atoms with Crippen molar-refractivity contribution < 1.29 is 29.2 Å². The summed E-state index contributed by atoms with van der Waals surface area (Å²) >= 11 is 1.60. The molecule has 0 spiro atoms. The van der Waals surface area contributed by atoms with Crippen LogP contribution in [0.2, 0.25) is 0 Å². The van der Waals surface area contributed by atoms with E-state index in [0.717, 1.165) is 37.8 Å². The molecular weight excluding hydrogens is 416 g/mol. The minimum atomic E-state index is -1.00. The largest absolute Gasteiger partial charge is 0.489 e. The third-order valence-electron chi connectivity index (χ3n) is 5.24. The Bertz CT molecular complexity index is 1050. The number of aryl methyl sites for hydroxylation is 1. The summed E-state index contributed by atoms with van der Waals surface area (Å²) in [6, 6.07) is 17.7. The van der Waals surface area contributed by atoms with Crippen molar-refractivity contribution in [1.82, 2.24) is 0 Å². The molecule has 4 rings (SSSR count). The molecule has 1 aromatic heterocycles. The molecule has 1 aliphatic heterocycles. The Labute approximate surface area is 184 Å². The molecule has 1 saturated heterocycles. The molecule has 6 nitrogen and oxygen atoms in total. The summed E-state index contributed by atoms with van der Waals surface area (Å²) in [4.78, 5) is 13.0. The molecule has 1 aliphatic rings. The molecule has 0 amide bonds. The molecular formula is C24H24O6S. The van der Waals surface area contributed by atoms with Crippen LogP contribution in [0.4, 0.5) is 0 Å². The maximum absolute atomic E-state index is 10.8. The molecule has 7 heteroatoms. The van der Waals surface area contributed by atoms with Crippen molar-refractivity contribution in [3.05, 3.63) is 76.2 Å². The minimum Gasteiger partial charge on any atom is -0.489 e. The second-order valence-corrected chi connectivity index (χ2v) is 8.70. The van der Waals surface area contributed by atoms with Gasteiger partial charge in [-0.05, 0) is 53.4 Å². The van der Waals surface area contributed by atoms with Crippen LogP contribution in [0, 0.1) is 6.92 Å². The Morgan fingerprint density at radius 1 is 1.16 bits per heavy atom. The number of ether oxygens (including phenoxy) is 3. The zero-order valence-corrected chi connectivity index (χ0v) is 18.0. The molecule has 1 fully saturated rings. The highest BCUT2D eigenvalue weighted by Crippen LogP contribution is 2.35. The summed E-state index contributed by atoms with van der Waals surface area (Å²) in [5, 5.41) is 18.3. The summed E-state index contributed by atoms with van der Waals surface area (Å²) in [6.45, 7) is 2.85. The van der Waals surface area contributed by atoms with E-state index in [1.807, 2.05) is 42.5 Å². The van der Waals surface area contributed by atoms with Crippen LogP contribution < -0.4 is 4.74 Å². The van der Waals surface area contributed by atoms with E-state index in [2.05, 4.69) is 19.1 Å². The number of hydrogen-bond acceptors (Lipinski definition) is 6. The highest BCUT2D eigenvalue weighted by Gasteiger charge is 2.42. The molecule has 3 aromatic rings. The third kappa shape index (κ3) is 4.80. The SMILES string of the molecule is Cc1cc(CO)sc1-c1cccc(COc2ccc(C3(OCC(=O)O)COC3)cc2)c1. The quantitative estimate of drug-likeness (QED) is 0.521. The number of rotatable bonds is 9. The fourth-order valence-corrected chi connectivity index (χ4v) is 4.58. The number of carboxylic acid groups (broad SMARTS) is 1. The number of aliphatic carboxylic acids is 1. The van der Waals surface area contributed by atoms with Gasteiger partial charge in [-0.1, -0.05) is 30.3 Å². The summed E-state index contributed by atoms with van der Waals surface area (Å²) in [5.41, 5.74) is 3.50. The van der Waals surface area contributed by atoms with Crippen molar-refractivity contribution in [2.45, 2.75) is 25.7 Å². The van der Waals surface area contributed by atoms with Crippen molar-refractivity contribution >= 4 is 17.3 Å². The number of carboxylic acids is 1. The fraction of sp³-hybridized carbons (Fsp3) is 0.292. The predicted molar refractivity (Wildman–Crippen MR) is 117 cm³/mol. The van der Waals surface area contributed by atoms with Gasteiger partial charge in [0.2, 0.25) is 0 Å². The average molecular weight is 441 g/mol. The van der Waals surface area contributed by atoms with E-state index in [1.165, 1.54) is 0 Å². The Kier molecular flexibility index (Phi) is 6.38. The van der Waals surface area contributed by atoms with Crippen molar-refractivity contribution in [2.24, 2.45) is 0 Å². The van der Waals surface area contributed by atoms with Gasteiger partial charge in [-0.3, -0.25) is 0 Å². The van der Waals surface area contributed by atoms with E-state index in [9.17, 15) is 9.90 Å². The van der Waals surface area contributed by atoms with Gasteiger partial charge in [0.25, 0.3) is 0 Å². The first-order valence-electron chi connectivity index (χ1n) is 9.95. The van der Waals surface area contributed by atoms with Gasteiger partial charge in [-0.25, -0.2) is 4.79 Å². The Morgan fingerprint density at radius 3 is 2.55 bits per heavy atom. The fourth-order valence-electron chi connectivity index (χ4n) is 3.56. The maximum atomic E-state index is 10.8. The molecule has 0 atom stereocenters. The molecule has 2 aromatic carbocycles. The van der Waals surface area contributed by atoms with Crippen molar-refractivity contribution in [3.8, 4) is 16.2 Å². The van der Waals surface area contributed by atoms with Gasteiger partial charge in [-0.15, -0.1) is 11.3 Å². The summed E-state index contributed by atoms with van der Waals surface area (Å²) in [7, 11) is 0. The molecule has 0 bridgehead atoms. The first-order valence-corrected chi connectivity index (χ1v) is 10.8. The lowest BCUT2D eigenvalue weighted by Crippen LogP contribution is -2.49. The van der Waals surface area contributed by atoms with E-state index >= 15 is 0 Å². The normalized spacial score (nSPS) is 14.8. The first kappa shape index (κ1) is 21.5. The predicted octanol–water partition coefficient (Wildman–Crippen LogP) is 4.12. The molecule has 2 heterocycles. The van der Waals surface area contributed by atoms with Gasteiger partial charge in [0, 0.05) is 9.75 Å². The maximum Gasteiger partial charge on any atom is 0.329 e. The van der Waals surface area contributed by atoms with Gasteiger partial charge >= 0.3 is 5.97 Å². The number of hydrogen-bond donors (Lipinski definition) is 2. The second kappa shape index (κ2) is 9.20. The first-order chi connectivity index (χ1) is 15.0. The number of thiophene rings is 1. The zero-order chi connectivity index (χ0) is 21.8. The zero-order valence-electron chi connectivity index (χ0n) is 17.2. The third-order valence-corrected chi connectivity index (χ3v) is 6.51. The van der Waals surface area contributed by atoms with Crippen LogP contribution in [-0.2, 0) is 33.1 Å². The summed E-state index contributed by atoms with van der Waals surface area (Å²) in [5.74, 6) is -0.281. The second-order valence-electron chi connectivity index (χ2n) is 7.57. The Balaban J connectivity index is 1.42. The molecule has 0 unspecified atom stereocenters. The van der Waals surface area contributed by atoms with Crippen LogP contribution in [0.15, 0.2) is 54.6 Å². The lowest BCUT2D eigenvalue weighted by atomic mass is 9.91. The van der Waals surface area contributed by atoms with Gasteiger partial charge in [0.15, 0.2) is 0 Å². The molecule has 162 valence electrons. The van der Waals surface area contributed by atoms with Crippen molar-refractivity contribution in [3.63, 3.8) is 0 Å². The number of benzene rings is 2. The molecule has 2 N–H and O–H groups in total. The van der Waals surface area contributed by atoms with Crippen LogP contribution >= 0.6 is 11.3 Å². The van der Waals surface area contributed by atoms with Crippen molar-refractivity contribution in [1.29, 1.82) is 0 Å². The Hall–Kier alpha value is -2.71. The number of aliphatic hydroxyl groups is 1. The monoisotopic (exact) mass is 440 g/mol. The van der Waals surface area contributed by atoms with E-state index in [0.29, 0.717) is 19.8 Å². The lowest BCUT2D eigenvalue weighted by Gasteiger charge is -2.41. The van der Waals surface area contributed by atoms with Crippen LogP contribution in [0.5, 0.6) is 5.75 Å². The highest BCUT2D eigenvalue weighted by atomic mass is 32.1. The summed E-state index contributed by atoms with van der Waals surface area (Å²) < 4.78 is 16.8. The van der Waals surface area contributed by atoms with Gasteiger partial charge in [0.1, 0.15) is 24.6 Å². The standard InChI is InChI=1S/C24H24O6S/c1-16-9-21(11-25)31-23(16)18-4-2-3-17(10-18)12-29-20-7-5-19(6-8-20)24(14-28-15-24)30-13-22(26)27/h2-10,25H,11-15H2,1H3,(H,26,27). The highest BCUT2D eigenvalue weighted by molar-refractivity contribution is 7.15. The van der Waals surface area contributed by atoms with Crippen LogP contribution in [-0.4, -0.2) is 36.0 Å². The topological polar surface area (TPSA) is 85.2 Å². The van der Waals surface area contributed by atoms with E-state index < -0.39 is 11.6 Å². The lowest BCUT2D eigenvalue weighted by molar-refractivity contribution is -0.220. The van der Waals surface area contributed by atoms with Gasteiger partial charge < -0.3 is 24.4 Å². The van der Waals surface area contributed by atoms with Crippen molar-refractivity contribution in [2.75, 3.05) is 19.8 Å². The number of carbonyl (C=O) groups is 1.